The van der Waals surface area contributed by atoms with Crippen molar-refractivity contribution in [3.05, 3.63) is 29.3 Å². The van der Waals surface area contributed by atoms with Gasteiger partial charge >= 0.3 is 12.1 Å². The Hall–Kier alpha value is -2.24. The van der Waals surface area contributed by atoms with E-state index in [-0.39, 0.29) is 12.6 Å². The molecule has 2 rings (SSSR count). The van der Waals surface area contributed by atoms with E-state index in [1.54, 1.807) is 6.07 Å². The molecule has 1 aromatic carbocycles. The smallest absolute Gasteiger partial charge is 0.407 e. The average Bonchev–Trinajstić information content (AvgIpc) is 2.44. The molecular formula is C14H17NO5. The second-order valence-electron chi connectivity index (χ2n) is 4.65. The lowest BCUT2D eigenvalue weighted by atomic mass is 9.88. The third-order valence-electron chi connectivity index (χ3n) is 3.30. The Morgan fingerprint density at radius 3 is 2.95 bits per heavy atom. The van der Waals surface area contributed by atoms with Crippen molar-refractivity contribution in [3.63, 3.8) is 0 Å². The number of carboxylic acid groups (broad SMARTS) is 1. The van der Waals surface area contributed by atoms with Crippen molar-refractivity contribution >= 4 is 12.1 Å². The fourth-order valence-electron chi connectivity index (χ4n) is 2.40. The minimum atomic E-state index is -0.997. The highest BCUT2D eigenvalue weighted by atomic mass is 16.5. The standard InChI is InChI=1S/C14H17NO5/c1-19-14(18)15-10-5-6-11-9(7-10)3-2-4-12(11)20-8-13(16)17/h2-4,10H,5-8H2,1H3,(H,15,18)(H,16,17). The second-order valence-corrected chi connectivity index (χ2v) is 4.65. The third-order valence-corrected chi connectivity index (χ3v) is 3.30. The van der Waals surface area contributed by atoms with Gasteiger partial charge in [-0.2, -0.15) is 0 Å². The van der Waals surface area contributed by atoms with Crippen molar-refractivity contribution in [1.82, 2.24) is 5.32 Å². The van der Waals surface area contributed by atoms with Gasteiger partial charge in [0.15, 0.2) is 6.61 Å². The van der Waals surface area contributed by atoms with Crippen LogP contribution < -0.4 is 10.1 Å². The molecule has 1 aliphatic rings. The Morgan fingerprint density at radius 2 is 2.25 bits per heavy atom. The minimum Gasteiger partial charge on any atom is -0.482 e. The summed E-state index contributed by atoms with van der Waals surface area (Å²) in [5.74, 6) is -0.384. The molecule has 0 saturated heterocycles. The Balaban J connectivity index is 2.07. The van der Waals surface area contributed by atoms with E-state index < -0.39 is 12.1 Å². The van der Waals surface area contributed by atoms with E-state index in [9.17, 15) is 9.59 Å². The number of fused-ring (bicyclic) bond motifs is 1. The highest BCUT2D eigenvalue weighted by Gasteiger charge is 2.23. The van der Waals surface area contributed by atoms with Crippen LogP contribution in [0.15, 0.2) is 18.2 Å². The van der Waals surface area contributed by atoms with Crippen LogP contribution in [-0.4, -0.2) is 36.9 Å². The zero-order valence-corrected chi connectivity index (χ0v) is 11.2. The summed E-state index contributed by atoms with van der Waals surface area (Å²) in [6.45, 7) is -0.347. The summed E-state index contributed by atoms with van der Waals surface area (Å²) < 4.78 is 9.88. The fourth-order valence-corrected chi connectivity index (χ4v) is 2.40. The van der Waals surface area contributed by atoms with E-state index >= 15 is 0 Å². The van der Waals surface area contributed by atoms with Gasteiger partial charge in [0.25, 0.3) is 0 Å². The second kappa shape index (κ2) is 6.27. The van der Waals surface area contributed by atoms with Gasteiger partial charge in [-0.15, -0.1) is 0 Å². The van der Waals surface area contributed by atoms with Gasteiger partial charge in [0.1, 0.15) is 5.75 Å². The van der Waals surface area contributed by atoms with Crippen LogP contribution in [0.3, 0.4) is 0 Å². The molecule has 0 bridgehead atoms. The summed E-state index contributed by atoms with van der Waals surface area (Å²) in [6, 6.07) is 5.60. The molecule has 1 atom stereocenters. The monoisotopic (exact) mass is 279 g/mol. The largest absolute Gasteiger partial charge is 0.482 e. The highest BCUT2D eigenvalue weighted by Crippen LogP contribution is 2.29. The summed E-state index contributed by atoms with van der Waals surface area (Å²) in [7, 11) is 1.34. The first-order chi connectivity index (χ1) is 9.60. The summed E-state index contributed by atoms with van der Waals surface area (Å²) >= 11 is 0. The van der Waals surface area contributed by atoms with Crippen molar-refractivity contribution in [2.75, 3.05) is 13.7 Å². The predicted molar refractivity (Wildman–Crippen MR) is 70.9 cm³/mol. The van der Waals surface area contributed by atoms with Gasteiger partial charge in [-0.05, 0) is 36.5 Å². The maximum atomic E-state index is 11.2. The molecule has 0 heterocycles. The number of aliphatic carboxylic acids is 1. The van der Waals surface area contributed by atoms with Crippen molar-refractivity contribution < 1.29 is 24.2 Å². The van der Waals surface area contributed by atoms with E-state index in [1.807, 2.05) is 12.1 Å². The van der Waals surface area contributed by atoms with Crippen LogP contribution in [0.4, 0.5) is 4.79 Å². The number of nitrogens with one attached hydrogen (secondary N) is 1. The molecule has 6 heteroatoms. The first kappa shape index (κ1) is 14.2. The van der Waals surface area contributed by atoms with Crippen LogP contribution in [0.2, 0.25) is 0 Å². The van der Waals surface area contributed by atoms with Crippen molar-refractivity contribution in [1.29, 1.82) is 0 Å². The van der Waals surface area contributed by atoms with E-state index in [2.05, 4.69) is 10.1 Å². The Bertz CT molecular complexity index is 514. The number of benzene rings is 1. The van der Waals surface area contributed by atoms with Crippen molar-refractivity contribution in [2.45, 2.75) is 25.3 Å². The number of carboxylic acids is 1. The molecule has 0 fully saturated rings. The number of alkyl carbamates (subject to hydrolysis) is 1. The van der Waals surface area contributed by atoms with Gasteiger partial charge in [-0.3, -0.25) is 0 Å². The van der Waals surface area contributed by atoms with E-state index in [4.69, 9.17) is 9.84 Å². The molecule has 0 spiro atoms. The van der Waals surface area contributed by atoms with Gasteiger partial charge in [0, 0.05) is 6.04 Å². The minimum absolute atomic E-state index is 0.0321. The lowest BCUT2D eigenvalue weighted by molar-refractivity contribution is -0.139. The lowest BCUT2D eigenvalue weighted by Crippen LogP contribution is -2.38. The number of hydrogen-bond acceptors (Lipinski definition) is 4. The number of amides is 1. The maximum Gasteiger partial charge on any atom is 0.407 e. The SMILES string of the molecule is COC(=O)NC1CCc2c(cccc2OCC(=O)O)C1. The normalized spacial score (nSPS) is 16.9. The number of carbonyl (C=O) groups excluding carboxylic acids is 1. The van der Waals surface area contributed by atoms with Gasteiger partial charge in [-0.25, -0.2) is 9.59 Å². The van der Waals surface area contributed by atoms with E-state index in [0.29, 0.717) is 12.2 Å². The molecule has 1 aromatic rings. The average molecular weight is 279 g/mol. The number of ether oxygens (including phenoxy) is 2. The Morgan fingerprint density at radius 1 is 1.45 bits per heavy atom. The lowest BCUT2D eigenvalue weighted by Gasteiger charge is -2.26. The third kappa shape index (κ3) is 3.40. The van der Waals surface area contributed by atoms with Crippen LogP contribution in [0.5, 0.6) is 5.75 Å². The summed E-state index contributed by atoms with van der Waals surface area (Å²) in [6.07, 6.45) is 1.76. The molecular weight excluding hydrogens is 262 g/mol. The van der Waals surface area contributed by atoms with Crippen LogP contribution in [-0.2, 0) is 22.4 Å². The van der Waals surface area contributed by atoms with Crippen molar-refractivity contribution in [3.8, 4) is 5.75 Å². The van der Waals surface area contributed by atoms with E-state index in [1.165, 1.54) is 7.11 Å². The molecule has 0 saturated carbocycles. The number of rotatable bonds is 4. The number of hydrogen-bond donors (Lipinski definition) is 2. The highest BCUT2D eigenvalue weighted by molar-refractivity contribution is 5.68. The summed E-state index contributed by atoms with van der Waals surface area (Å²) in [5.41, 5.74) is 2.09. The Labute approximate surface area is 116 Å². The van der Waals surface area contributed by atoms with Gasteiger partial charge in [0.2, 0.25) is 0 Å². The van der Waals surface area contributed by atoms with Crippen LogP contribution in [0, 0.1) is 0 Å². The van der Waals surface area contributed by atoms with Crippen LogP contribution >= 0.6 is 0 Å². The number of carbonyl (C=O) groups is 2. The van der Waals surface area contributed by atoms with Gasteiger partial charge < -0.3 is 19.9 Å². The summed E-state index contributed by atoms with van der Waals surface area (Å²) in [4.78, 5) is 21.8. The molecule has 0 aliphatic heterocycles. The molecule has 20 heavy (non-hydrogen) atoms. The Kier molecular flexibility index (Phi) is 4.45. The van der Waals surface area contributed by atoms with Crippen LogP contribution in [0.25, 0.3) is 0 Å². The van der Waals surface area contributed by atoms with E-state index in [0.717, 1.165) is 24.0 Å². The molecule has 6 nitrogen and oxygen atoms in total. The molecule has 0 aromatic heterocycles. The molecule has 1 amide bonds. The molecule has 1 unspecified atom stereocenters. The molecule has 2 N–H and O–H groups in total. The molecule has 1 aliphatic carbocycles. The van der Waals surface area contributed by atoms with Gasteiger partial charge in [0.05, 0.1) is 7.11 Å². The molecule has 108 valence electrons. The zero-order valence-electron chi connectivity index (χ0n) is 11.2. The topological polar surface area (TPSA) is 84.9 Å². The van der Waals surface area contributed by atoms with Crippen molar-refractivity contribution in [2.24, 2.45) is 0 Å². The predicted octanol–water partition coefficient (Wildman–Crippen LogP) is 1.36. The summed E-state index contributed by atoms with van der Waals surface area (Å²) in [5, 5.41) is 11.4. The van der Waals surface area contributed by atoms with Gasteiger partial charge in [-0.1, -0.05) is 12.1 Å². The molecule has 0 radical (unpaired) electrons. The maximum absolute atomic E-state index is 11.2. The first-order valence-electron chi connectivity index (χ1n) is 6.40. The number of methoxy groups -OCH3 is 1. The zero-order chi connectivity index (χ0) is 14.5. The fraction of sp³-hybridized carbons (Fsp3) is 0.429. The first-order valence-corrected chi connectivity index (χ1v) is 6.40. The quantitative estimate of drug-likeness (QED) is 0.869. The van der Waals surface area contributed by atoms with Crippen LogP contribution in [0.1, 0.15) is 17.5 Å².